The number of nitrogens with zero attached hydrogens (tertiary/aromatic N) is 2. The highest BCUT2D eigenvalue weighted by molar-refractivity contribution is 7.92. The Balaban J connectivity index is 2.29. The second kappa shape index (κ2) is 6.17. The fourth-order valence-electron chi connectivity index (χ4n) is 1.84. The van der Waals surface area contributed by atoms with Crippen LogP contribution < -0.4 is 5.73 Å². The molecule has 0 aliphatic carbocycles. The third-order valence-electron chi connectivity index (χ3n) is 3.20. The largest absolute Gasteiger partial charge is 0.382 e. The molecule has 0 saturated carbocycles. The average Bonchev–Trinajstić information content (AvgIpc) is 2.48. The van der Waals surface area contributed by atoms with E-state index in [2.05, 4.69) is 9.97 Å². The molecule has 1 aromatic carbocycles. The van der Waals surface area contributed by atoms with Crippen LogP contribution in [0.5, 0.6) is 0 Å². The van der Waals surface area contributed by atoms with Crippen molar-refractivity contribution in [3.05, 3.63) is 36.7 Å². The summed E-state index contributed by atoms with van der Waals surface area (Å²) in [7, 11) is -3.50. The summed E-state index contributed by atoms with van der Waals surface area (Å²) in [6, 6.07) is 6.29. The summed E-state index contributed by atoms with van der Waals surface area (Å²) in [6.07, 6.45) is 2.95. The van der Waals surface area contributed by atoms with Gasteiger partial charge in [0.05, 0.1) is 34.9 Å². The maximum atomic E-state index is 12.3. The van der Waals surface area contributed by atoms with E-state index in [1.165, 1.54) is 31.5 Å². The van der Waals surface area contributed by atoms with Gasteiger partial charge < -0.3 is 5.73 Å². The number of anilines is 1. The van der Waals surface area contributed by atoms with Gasteiger partial charge in [0.1, 0.15) is 5.82 Å². The van der Waals surface area contributed by atoms with Crippen LogP contribution in [0.3, 0.4) is 0 Å². The van der Waals surface area contributed by atoms with Crippen LogP contribution in [0.15, 0.2) is 41.6 Å². The first kappa shape index (κ1) is 15.4. The van der Waals surface area contributed by atoms with Crippen LogP contribution >= 0.6 is 0 Å². The molecular weight excluding hydrogens is 293 g/mol. The predicted molar refractivity (Wildman–Crippen MR) is 79.1 cm³/mol. The molecule has 2 aromatic rings. The summed E-state index contributed by atoms with van der Waals surface area (Å²) in [5, 5.41) is -0.746. The Labute approximate surface area is 123 Å². The molecular formula is C14H16FN3O2S. The van der Waals surface area contributed by atoms with E-state index in [1.54, 1.807) is 12.1 Å². The van der Waals surface area contributed by atoms with Crippen LogP contribution in [0.4, 0.5) is 10.2 Å². The Morgan fingerprint density at radius 1 is 1.19 bits per heavy atom. The zero-order valence-corrected chi connectivity index (χ0v) is 12.3. The number of halogens is 1. The molecule has 21 heavy (non-hydrogen) atoms. The number of nitrogens with two attached hydrogens (primary N) is 1. The first-order valence-electron chi connectivity index (χ1n) is 6.43. The van der Waals surface area contributed by atoms with Gasteiger partial charge in [0.2, 0.25) is 0 Å². The third-order valence-corrected chi connectivity index (χ3v) is 5.42. The monoisotopic (exact) mass is 309 g/mol. The van der Waals surface area contributed by atoms with Gasteiger partial charge in [0, 0.05) is 5.56 Å². The number of alkyl halides is 1. The maximum absolute atomic E-state index is 12.3. The summed E-state index contributed by atoms with van der Waals surface area (Å²) < 4.78 is 36.7. The van der Waals surface area contributed by atoms with Gasteiger partial charge in [-0.3, -0.25) is 9.37 Å². The molecule has 0 bridgehead atoms. The van der Waals surface area contributed by atoms with Gasteiger partial charge in [-0.05, 0) is 25.5 Å². The van der Waals surface area contributed by atoms with E-state index in [-0.39, 0.29) is 11.3 Å². The van der Waals surface area contributed by atoms with Crippen LogP contribution in [0.25, 0.3) is 11.3 Å². The van der Waals surface area contributed by atoms with E-state index in [9.17, 15) is 12.8 Å². The first-order valence-corrected chi connectivity index (χ1v) is 7.97. The van der Waals surface area contributed by atoms with Crippen molar-refractivity contribution in [3.8, 4) is 11.3 Å². The summed E-state index contributed by atoms with van der Waals surface area (Å²) in [4.78, 5) is 8.23. The van der Waals surface area contributed by atoms with E-state index in [0.717, 1.165) is 5.56 Å². The molecule has 7 heteroatoms. The molecule has 1 aromatic heterocycles. The fourth-order valence-corrected chi connectivity index (χ4v) is 3.22. The van der Waals surface area contributed by atoms with Crippen molar-refractivity contribution >= 4 is 15.7 Å². The number of nitrogen functional groups attached to an aromatic ring is 1. The minimum atomic E-state index is -3.50. The van der Waals surface area contributed by atoms with Crippen LogP contribution in [-0.4, -0.2) is 30.3 Å². The number of benzene rings is 1. The molecule has 0 radical (unpaired) electrons. The lowest BCUT2D eigenvalue weighted by Crippen LogP contribution is -2.18. The number of hydrogen-bond acceptors (Lipinski definition) is 5. The molecule has 0 aliphatic heterocycles. The lowest BCUT2D eigenvalue weighted by molar-refractivity contribution is 0.464. The van der Waals surface area contributed by atoms with Gasteiger partial charge in [-0.1, -0.05) is 12.1 Å². The summed E-state index contributed by atoms with van der Waals surface area (Å²) in [6.45, 7) is 0.855. The normalized spacial score (nSPS) is 13.0. The minimum absolute atomic E-state index is 0.00643. The minimum Gasteiger partial charge on any atom is -0.382 e. The van der Waals surface area contributed by atoms with Crippen molar-refractivity contribution in [2.45, 2.75) is 23.5 Å². The molecule has 1 unspecified atom stereocenters. The smallest absolute Gasteiger partial charge is 0.181 e. The van der Waals surface area contributed by atoms with E-state index in [0.29, 0.717) is 11.5 Å². The van der Waals surface area contributed by atoms with Crippen LogP contribution in [0, 0.1) is 0 Å². The quantitative estimate of drug-likeness (QED) is 0.915. The standard InChI is InChI=1S/C14H16FN3O2S/c1-10(6-7-15)21(19,20)12-4-2-11(3-5-12)13-8-18-14(16)9-17-13/h2-5,8-10H,6-7H2,1H3,(H2,16,18). The number of hydrogen-bond donors (Lipinski definition) is 1. The second-order valence-corrected chi connectivity index (χ2v) is 7.05. The van der Waals surface area contributed by atoms with Gasteiger partial charge in [-0.2, -0.15) is 0 Å². The predicted octanol–water partition coefficient (Wildman–Crippen LogP) is 2.25. The summed E-state index contributed by atoms with van der Waals surface area (Å²) in [5.41, 5.74) is 6.80. The average molecular weight is 309 g/mol. The van der Waals surface area contributed by atoms with E-state index >= 15 is 0 Å². The van der Waals surface area contributed by atoms with Gasteiger partial charge in [-0.25, -0.2) is 13.4 Å². The molecule has 112 valence electrons. The van der Waals surface area contributed by atoms with Crippen molar-refractivity contribution in [2.24, 2.45) is 0 Å². The third kappa shape index (κ3) is 3.36. The molecule has 1 heterocycles. The Morgan fingerprint density at radius 2 is 1.86 bits per heavy atom. The highest BCUT2D eigenvalue weighted by atomic mass is 32.2. The Morgan fingerprint density at radius 3 is 2.38 bits per heavy atom. The van der Waals surface area contributed by atoms with Crippen molar-refractivity contribution < 1.29 is 12.8 Å². The zero-order chi connectivity index (χ0) is 15.5. The second-order valence-electron chi connectivity index (χ2n) is 4.68. The molecule has 0 saturated heterocycles. The zero-order valence-electron chi connectivity index (χ0n) is 11.5. The van der Waals surface area contributed by atoms with Gasteiger partial charge in [0.25, 0.3) is 0 Å². The van der Waals surface area contributed by atoms with Gasteiger partial charge in [-0.15, -0.1) is 0 Å². The highest BCUT2D eigenvalue weighted by Gasteiger charge is 2.22. The lowest BCUT2D eigenvalue weighted by Gasteiger charge is -2.11. The Hall–Kier alpha value is -2.02. The van der Waals surface area contributed by atoms with Crippen molar-refractivity contribution in [2.75, 3.05) is 12.4 Å². The highest BCUT2D eigenvalue weighted by Crippen LogP contribution is 2.22. The SMILES string of the molecule is CC(CCF)S(=O)(=O)c1ccc(-c2cnc(N)cn2)cc1. The van der Waals surface area contributed by atoms with Gasteiger partial charge in [0.15, 0.2) is 9.84 Å². The molecule has 0 aliphatic rings. The van der Waals surface area contributed by atoms with Crippen LogP contribution in [0.1, 0.15) is 13.3 Å². The molecule has 0 amide bonds. The van der Waals surface area contributed by atoms with Crippen molar-refractivity contribution in [1.82, 2.24) is 9.97 Å². The first-order chi connectivity index (χ1) is 9.95. The summed E-state index contributed by atoms with van der Waals surface area (Å²) in [5.74, 6) is 0.318. The fraction of sp³-hybridized carbons (Fsp3) is 0.286. The van der Waals surface area contributed by atoms with Gasteiger partial charge >= 0.3 is 0 Å². The van der Waals surface area contributed by atoms with Crippen LogP contribution in [-0.2, 0) is 9.84 Å². The number of sulfone groups is 1. The molecule has 2 rings (SSSR count). The molecule has 2 N–H and O–H groups in total. The van der Waals surface area contributed by atoms with E-state index < -0.39 is 21.8 Å². The van der Waals surface area contributed by atoms with E-state index in [4.69, 9.17) is 5.73 Å². The molecule has 0 fully saturated rings. The summed E-state index contributed by atoms with van der Waals surface area (Å²) >= 11 is 0. The Kier molecular flexibility index (Phi) is 4.52. The number of rotatable bonds is 5. The maximum Gasteiger partial charge on any atom is 0.181 e. The topological polar surface area (TPSA) is 85.9 Å². The molecule has 0 spiro atoms. The van der Waals surface area contributed by atoms with Crippen LogP contribution in [0.2, 0.25) is 0 Å². The lowest BCUT2D eigenvalue weighted by atomic mass is 10.2. The molecule has 5 nitrogen and oxygen atoms in total. The van der Waals surface area contributed by atoms with Crippen molar-refractivity contribution in [3.63, 3.8) is 0 Å². The van der Waals surface area contributed by atoms with E-state index in [1.807, 2.05) is 0 Å². The molecule has 1 atom stereocenters. The number of aromatic nitrogens is 2. The van der Waals surface area contributed by atoms with Crippen molar-refractivity contribution in [1.29, 1.82) is 0 Å². The Bertz CT molecular complexity index is 700.